The summed E-state index contributed by atoms with van der Waals surface area (Å²) in [5.74, 6) is -1.76. The molecule has 90 valence electrons. The summed E-state index contributed by atoms with van der Waals surface area (Å²) in [6.07, 6.45) is -5.46. The third kappa shape index (κ3) is 2.46. The highest BCUT2D eigenvalue weighted by Gasteiger charge is 2.38. The van der Waals surface area contributed by atoms with Gasteiger partial charge < -0.3 is 0 Å². The first-order valence-electron chi connectivity index (χ1n) is 4.83. The smallest absolute Gasteiger partial charge is 0.289 e. The minimum Gasteiger partial charge on any atom is -0.289 e. The number of ketones is 1. The van der Waals surface area contributed by atoms with Crippen LogP contribution in [0.2, 0.25) is 0 Å². The van der Waals surface area contributed by atoms with Gasteiger partial charge in [-0.15, -0.1) is 11.3 Å². The second-order valence-corrected chi connectivity index (χ2v) is 4.74. The van der Waals surface area contributed by atoms with Crippen molar-refractivity contribution in [1.82, 2.24) is 4.98 Å². The molecule has 0 aliphatic rings. The van der Waals surface area contributed by atoms with E-state index in [-0.39, 0.29) is 5.01 Å². The van der Waals surface area contributed by atoms with Gasteiger partial charge in [-0.1, -0.05) is 12.1 Å². The molecule has 0 atom stereocenters. The number of nitrogens with zero attached hydrogens (tertiary/aromatic N) is 1. The number of carbonyl (C=O) groups is 1. The Morgan fingerprint density at radius 2 is 2.12 bits per heavy atom. The van der Waals surface area contributed by atoms with Crippen molar-refractivity contribution in [3.63, 3.8) is 0 Å². The Bertz CT molecular complexity index is 574. The van der Waals surface area contributed by atoms with Crippen molar-refractivity contribution in [1.29, 1.82) is 0 Å². The summed E-state index contributed by atoms with van der Waals surface area (Å²) in [5.41, 5.74) is 1.56. The number of thiazole rings is 1. The van der Waals surface area contributed by atoms with E-state index in [1.54, 1.807) is 6.07 Å². The molecule has 0 bridgehead atoms. The van der Waals surface area contributed by atoms with E-state index in [4.69, 9.17) is 0 Å². The maximum Gasteiger partial charge on any atom is 0.450 e. The molecule has 1 aromatic carbocycles. The monoisotopic (exact) mass is 259 g/mol. The molecule has 0 radical (unpaired) electrons. The molecule has 17 heavy (non-hydrogen) atoms. The van der Waals surface area contributed by atoms with Gasteiger partial charge in [0.25, 0.3) is 0 Å². The number of hydrogen-bond acceptors (Lipinski definition) is 3. The lowest BCUT2D eigenvalue weighted by molar-refractivity contribution is -0.170. The predicted octanol–water partition coefficient (Wildman–Crippen LogP) is 3.28. The molecule has 2 nitrogen and oxygen atoms in total. The predicted molar refractivity (Wildman–Crippen MR) is 59.1 cm³/mol. The van der Waals surface area contributed by atoms with Crippen LogP contribution >= 0.6 is 11.3 Å². The van der Waals surface area contributed by atoms with Gasteiger partial charge in [0, 0.05) is 0 Å². The van der Waals surface area contributed by atoms with Gasteiger partial charge in [-0.25, -0.2) is 4.98 Å². The first-order chi connectivity index (χ1) is 7.88. The van der Waals surface area contributed by atoms with Gasteiger partial charge >= 0.3 is 6.18 Å². The molecule has 0 unspecified atom stereocenters. The third-order valence-electron chi connectivity index (χ3n) is 2.29. The largest absolute Gasteiger partial charge is 0.450 e. The summed E-state index contributed by atoms with van der Waals surface area (Å²) >= 11 is 1.12. The van der Waals surface area contributed by atoms with Crippen LogP contribution in [0.1, 0.15) is 10.6 Å². The molecule has 2 aromatic rings. The van der Waals surface area contributed by atoms with E-state index in [1.165, 1.54) is 0 Å². The van der Waals surface area contributed by atoms with Crippen LogP contribution in [-0.4, -0.2) is 16.9 Å². The molecule has 0 spiro atoms. The van der Waals surface area contributed by atoms with Crippen molar-refractivity contribution >= 4 is 27.3 Å². The molecule has 2 rings (SSSR count). The zero-order valence-corrected chi connectivity index (χ0v) is 9.65. The maximum atomic E-state index is 12.1. The van der Waals surface area contributed by atoms with Crippen LogP contribution in [0.15, 0.2) is 18.2 Å². The normalized spacial score (nSPS) is 12.0. The lowest BCUT2D eigenvalue weighted by atomic mass is 10.2. The highest BCUT2D eigenvalue weighted by Crippen LogP contribution is 2.26. The summed E-state index contributed by atoms with van der Waals surface area (Å²) in [5, 5.41) is 0.205. The van der Waals surface area contributed by atoms with Crippen molar-refractivity contribution in [2.75, 3.05) is 0 Å². The Morgan fingerprint density at radius 3 is 2.71 bits per heavy atom. The highest BCUT2D eigenvalue weighted by atomic mass is 32.1. The van der Waals surface area contributed by atoms with Gasteiger partial charge in [0.15, 0.2) is 0 Å². The van der Waals surface area contributed by atoms with Gasteiger partial charge in [-0.2, -0.15) is 13.2 Å². The van der Waals surface area contributed by atoms with Gasteiger partial charge in [-0.05, 0) is 18.6 Å². The standard InChI is InChI=1S/C11H8F3NOS/c1-6-3-2-4-7-10(6)15-9(17-7)5-8(16)11(12,13)14/h2-4H,5H2,1H3. The molecule has 0 amide bonds. The summed E-state index contributed by atoms with van der Waals surface area (Å²) in [6.45, 7) is 1.83. The molecular formula is C11H8F3NOS. The van der Waals surface area contributed by atoms with Crippen molar-refractivity contribution in [3.8, 4) is 0 Å². The van der Waals surface area contributed by atoms with Crippen LogP contribution in [0.5, 0.6) is 0 Å². The van der Waals surface area contributed by atoms with E-state index in [0.717, 1.165) is 21.6 Å². The van der Waals surface area contributed by atoms with E-state index in [0.29, 0.717) is 5.52 Å². The van der Waals surface area contributed by atoms with Crippen LogP contribution in [0.25, 0.3) is 10.2 Å². The van der Waals surface area contributed by atoms with Crippen LogP contribution in [0, 0.1) is 6.92 Å². The minimum atomic E-state index is -4.78. The fourth-order valence-corrected chi connectivity index (χ4v) is 2.49. The first-order valence-corrected chi connectivity index (χ1v) is 5.64. The van der Waals surface area contributed by atoms with Crippen LogP contribution in [0.3, 0.4) is 0 Å². The lowest BCUT2D eigenvalue weighted by Crippen LogP contribution is -2.24. The van der Waals surface area contributed by atoms with E-state index < -0.39 is 18.4 Å². The Labute approximate surface area is 99.1 Å². The topological polar surface area (TPSA) is 30.0 Å². The van der Waals surface area contributed by atoms with Crippen molar-refractivity contribution < 1.29 is 18.0 Å². The third-order valence-corrected chi connectivity index (χ3v) is 3.31. The van der Waals surface area contributed by atoms with Crippen molar-refractivity contribution in [2.24, 2.45) is 0 Å². The van der Waals surface area contributed by atoms with Gasteiger partial charge in [0.2, 0.25) is 5.78 Å². The number of para-hydroxylation sites is 1. The first kappa shape index (κ1) is 12.0. The summed E-state index contributed by atoms with van der Waals surface area (Å²) < 4.78 is 37.1. The van der Waals surface area contributed by atoms with Crippen molar-refractivity contribution in [3.05, 3.63) is 28.8 Å². The number of aryl methyl sites for hydroxylation is 1. The number of halogens is 3. The van der Waals surface area contributed by atoms with Crippen LogP contribution in [-0.2, 0) is 11.2 Å². The molecule has 0 saturated heterocycles. The molecule has 6 heteroatoms. The number of benzene rings is 1. The molecule has 0 N–H and O–H groups in total. The van der Waals surface area contributed by atoms with Crippen LogP contribution in [0.4, 0.5) is 13.2 Å². The van der Waals surface area contributed by atoms with Crippen molar-refractivity contribution in [2.45, 2.75) is 19.5 Å². The zero-order valence-electron chi connectivity index (χ0n) is 8.84. The number of aromatic nitrogens is 1. The molecule has 0 aliphatic heterocycles. The fourth-order valence-electron chi connectivity index (χ4n) is 1.45. The second-order valence-electron chi connectivity index (χ2n) is 3.63. The molecule has 1 aromatic heterocycles. The lowest BCUT2D eigenvalue weighted by Gasteiger charge is -2.01. The number of Topliss-reactive ketones (excluding diaryl/α,β-unsaturated/α-hetero) is 1. The average molecular weight is 259 g/mol. The molecule has 0 saturated carbocycles. The zero-order chi connectivity index (χ0) is 12.6. The number of rotatable bonds is 2. The Morgan fingerprint density at radius 1 is 1.41 bits per heavy atom. The van der Waals surface area contributed by atoms with Crippen LogP contribution < -0.4 is 0 Å². The van der Waals surface area contributed by atoms with E-state index in [1.807, 2.05) is 19.1 Å². The summed E-state index contributed by atoms with van der Waals surface area (Å²) in [6, 6.07) is 5.42. The number of fused-ring (bicyclic) bond motifs is 1. The maximum absolute atomic E-state index is 12.1. The van der Waals surface area contributed by atoms with E-state index in [9.17, 15) is 18.0 Å². The Balaban J connectivity index is 2.32. The van der Waals surface area contributed by atoms with Gasteiger partial charge in [0.1, 0.15) is 5.01 Å². The molecule has 0 aliphatic carbocycles. The Hall–Kier alpha value is -1.43. The molecular weight excluding hydrogens is 251 g/mol. The van der Waals surface area contributed by atoms with E-state index in [2.05, 4.69) is 4.98 Å². The van der Waals surface area contributed by atoms with E-state index >= 15 is 0 Å². The highest BCUT2D eigenvalue weighted by molar-refractivity contribution is 7.18. The number of carbonyl (C=O) groups excluding carboxylic acids is 1. The summed E-state index contributed by atoms with van der Waals surface area (Å²) in [4.78, 5) is 14.9. The minimum absolute atomic E-state index is 0.205. The fraction of sp³-hybridized carbons (Fsp3) is 0.273. The molecule has 1 heterocycles. The second kappa shape index (κ2) is 4.10. The Kier molecular flexibility index (Phi) is 2.91. The quantitative estimate of drug-likeness (QED) is 0.828. The average Bonchev–Trinajstić information content (AvgIpc) is 2.60. The van der Waals surface area contributed by atoms with Gasteiger partial charge in [-0.3, -0.25) is 4.79 Å². The SMILES string of the molecule is Cc1cccc2sc(CC(=O)C(F)(F)F)nc12. The number of alkyl halides is 3. The van der Waals surface area contributed by atoms with Gasteiger partial charge in [0.05, 0.1) is 16.6 Å². The molecule has 0 fully saturated rings. The number of hydrogen-bond donors (Lipinski definition) is 0. The summed E-state index contributed by atoms with van der Waals surface area (Å²) in [7, 11) is 0.